The molecule has 28 heavy (non-hydrogen) atoms. The molecule has 0 atom stereocenters. The van der Waals surface area contributed by atoms with Gasteiger partial charge in [-0.05, 0) is 18.1 Å². The van der Waals surface area contributed by atoms with E-state index in [0.29, 0.717) is 38.4 Å². The molecular weight excluding hydrogens is 402 g/mol. The lowest BCUT2D eigenvalue weighted by molar-refractivity contribution is 0.260. The number of aromatic nitrogens is 1. The summed E-state index contributed by atoms with van der Waals surface area (Å²) in [7, 11) is -1.68. The van der Waals surface area contributed by atoms with Gasteiger partial charge < -0.3 is 14.7 Å². The van der Waals surface area contributed by atoms with Crippen molar-refractivity contribution < 1.29 is 12.9 Å². The molecule has 0 saturated carbocycles. The number of benzene rings is 1. The molecule has 0 unspecified atom stereocenters. The highest BCUT2D eigenvalue weighted by Gasteiger charge is 2.28. The molecule has 3 rings (SSSR count). The highest BCUT2D eigenvalue weighted by atomic mass is 35.5. The first-order valence-corrected chi connectivity index (χ1v) is 11.0. The minimum atomic E-state index is -3.41. The summed E-state index contributed by atoms with van der Waals surface area (Å²) in [4.78, 5) is 6.39. The van der Waals surface area contributed by atoms with Crippen LogP contribution in [0.15, 0.2) is 46.1 Å². The van der Waals surface area contributed by atoms with Crippen LogP contribution in [-0.4, -0.2) is 68.5 Å². The number of piperazine rings is 1. The zero-order valence-corrected chi connectivity index (χ0v) is 17.3. The molecule has 1 saturated heterocycles. The molecule has 0 bridgehead atoms. The summed E-state index contributed by atoms with van der Waals surface area (Å²) in [5, 5.41) is 7.77. The quantitative estimate of drug-likeness (QED) is 0.558. The zero-order chi connectivity index (χ0) is 20.0. The third kappa shape index (κ3) is 5.24. The molecular formula is C18H24ClN5O3S. The molecule has 152 valence electrons. The van der Waals surface area contributed by atoms with Crippen molar-refractivity contribution >= 4 is 27.6 Å². The number of halogens is 1. The molecule has 8 nitrogen and oxygen atoms in total. The van der Waals surface area contributed by atoms with Crippen molar-refractivity contribution in [2.45, 2.75) is 12.2 Å². The van der Waals surface area contributed by atoms with Crippen molar-refractivity contribution in [2.24, 2.45) is 4.99 Å². The molecule has 1 aromatic carbocycles. The normalized spacial score (nSPS) is 16.4. The molecule has 0 aliphatic carbocycles. The molecule has 2 aromatic rings. The van der Waals surface area contributed by atoms with Crippen LogP contribution in [0.25, 0.3) is 0 Å². The zero-order valence-electron chi connectivity index (χ0n) is 15.7. The molecule has 10 heteroatoms. The number of rotatable bonds is 6. The van der Waals surface area contributed by atoms with E-state index in [0.717, 1.165) is 23.0 Å². The van der Waals surface area contributed by atoms with E-state index in [2.05, 4.69) is 20.4 Å². The summed E-state index contributed by atoms with van der Waals surface area (Å²) in [6, 6.07) is 9.33. The van der Waals surface area contributed by atoms with E-state index < -0.39 is 10.0 Å². The molecule has 1 fully saturated rings. The summed E-state index contributed by atoms with van der Waals surface area (Å²) in [6.07, 6.45) is 2.16. The Morgan fingerprint density at radius 3 is 2.64 bits per heavy atom. The number of hydrogen-bond donors (Lipinski definition) is 1. The van der Waals surface area contributed by atoms with Crippen molar-refractivity contribution in [1.29, 1.82) is 0 Å². The van der Waals surface area contributed by atoms with Crippen LogP contribution >= 0.6 is 11.6 Å². The second-order valence-electron chi connectivity index (χ2n) is 6.45. The molecule has 1 aromatic heterocycles. The van der Waals surface area contributed by atoms with Crippen LogP contribution in [0.2, 0.25) is 5.02 Å². The van der Waals surface area contributed by atoms with Crippen LogP contribution < -0.4 is 5.32 Å². The van der Waals surface area contributed by atoms with Gasteiger partial charge in [0.2, 0.25) is 10.0 Å². The van der Waals surface area contributed by atoms with Gasteiger partial charge in [0, 0.05) is 50.9 Å². The number of nitrogens with zero attached hydrogens (tertiary/aromatic N) is 4. The molecule has 0 amide bonds. The molecule has 2 heterocycles. The average molecular weight is 426 g/mol. The largest absolute Gasteiger partial charge is 0.364 e. The van der Waals surface area contributed by atoms with E-state index in [4.69, 9.17) is 16.1 Å². The lowest BCUT2D eigenvalue weighted by Crippen LogP contribution is -2.54. The fraction of sp³-hybridized carbons (Fsp3) is 0.444. The molecule has 1 aliphatic rings. The van der Waals surface area contributed by atoms with Crippen molar-refractivity contribution in [3.8, 4) is 0 Å². The predicted molar refractivity (Wildman–Crippen MR) is 109 cm³/mol. The van der Waals surface area contributed by atoms with Gasteiger partial charge in [0.15, 0.2) is 5.96 Å². The Kier molecular flexibility index (Phi) is 6.93. The summed E-state index contributed by atoms with van der Waals surface area (Å²) in [5.74, 6) is 0.620. The van der Waals surface area contributed by atoms with E-state index in [1.807, 2.05) is 24.3 Å². The Labute approximate surface area is 170 Å². The minimum absolute atomic E-state index is 0.145. The lowest BCUT2D eigenvalue weighted by atomic mass is 10.1. The van der Waals surface area contributed by atoms with E-state index in [1.54, 1.807) is 13.1 Å². The SMILES string of the molecule is CN=C(NCCc1ccccc1Cl)N1CCN(S(=O)(=O)Cc2ccon2)CC1. The van der Waals surface area contributed by atoms with Gasteiger partial charge in [-0.3, -0.25) is 4.99 Å². The predicted octanol–water partition coefficient (Wildman–Crippen LogP) is 1.59. The standard InChI is InChI=1S/C18H24ClN5O3S/c1-20-18(21-8-6-15-4-2-3-5-17(15)19)23-9-11-24(12-10-23)28(25,26)14-16-7-13-27-22-16/h2-5,7,13H,6,8-12,14H2,1H3,(H,20,21). The first-order chi connectivity index (χ1) is 13.5. The van der Waals surface area contributed by atoms with Crippen LogP contribution in [0, 0.1) is 0 Å². The summed E-state index contributed by atoms with van der Waals surface area (Å²) in [5.41, 5.74) is 1.50. The first kappa shape index (κ1) is 20.6. The maximum Gasteiger partial charge on any atom is 0.220 e. The number of hydrogen-bond acceptors (Lipinski definition) is 5. The Morgan fingerprint density at radius 2 is 2.00 bits per heavy atom. The monoisotopic (exact) mass is 425 g/mol. The fourth-order valence-electron chi connectivity index (χ4n) is 3.11. The van der Waals surface area contributed by atoms with E-state index in [1.165, 1.54) is 10.6 Å². The van der Waals surface area contributed by atoms with Crippen LogP contribution in [0.1, 0.15) is 11.3 Å². The third-order valence-electron chi connectivity index (χ3n) is 4.60. The smallest absolute Gasteiger partial charge is 0.220 e. The number of guanidine groups is 1. The Hall–Kier alpha value is -2.10. The topological polar surface area (TPSA) is 91.0 Å². The number of nitrogens with one attached hydrogen (secondary N) is 1. The maximum absolute atomic E-state index is 12.5. The van der Waals surface area contributed by atoms with Gasteiger partial charge in [0.1, 0.15) is 12.0 Å². The maximum atomic E-state index is 12.5. The van der Waals surface area contributed by atoms with Gasteiger partial charge in [0.05, 0.1) is 5.69 Å². The van der Waals surface area contributed by atoms with Gasteiger partial charge in [-0.1, -0.05) is 35.0 Å². The fourth-order valence-corrected chi connectivity index (χ4v) is 4.77. The van der Waals surface area contributed by atoms with E-state index >= 15 is 0 Å². The van der Waals surface area contributed by atoms with Crippen LogP contribution in [0.4, 0.5) is 0 Å². The second-order valence-corrected chi connectivity index (χ2v) is 8.82. The third-order valence-corrected chi connectivity index (χ3v) is 6.78. The molecule has 0 spiro atoms. The molecule has 1 N–H and O–H groups in total. The van der Waals surface area contributed by atoms with Crippen LogP contribution in [0.5, 0.6) is 0 Å². The van der Waals surface area contributed by atoms with Gasteiger partial charge in [0.25, 0.3) is 0 Å². The molecule has 0 radical (unpaired) electrons. The van der Waals surface area contributed by atoms with Crippen molar-refractivity contribution in [1.82, 2.24) is 19.7 Å². The Balaban J connectivity index is 1.49. The van der Waals surface area contributed by atoms with Crippen molar-refractivity contribution in [2.75, 3.05) is 39.8 Å². The van der Waals surface area contributed by atoms with Gasteiger partial charge in [-0.2, -0.15) is 4.31 Å². The van der Waals surface area contributed by atoms with Crippen molar-refractivity contribution in [3.63, 3.8) is 0 Å². The highest BCUT2D eigenvalue weighted by Crippen LogP contribution is 2.15. The van der Waals surface area contributed by atoms with Crippen molar-refractivity contribution in [3.05, 3.63) is 52.9 Å². The minimum Gasteiger partial charge on any atom is -0.364 e. The van der Waals surface area contributed by atoms with E-state index in [9.17, 15) is 8.42 Å². The van der Waals surface area contributed by atoms with Gasteiger partial charge in [-0.15, -0.1) is 0 Å². The lowest BCUT2D eigenvalue weighted by Gasteiger charge is -2.35. The summed E-state index contributed by atoms with van der Waals surface area (Å²) < 4.78 is 31.3. The highest BCUT2D eigenvalue weighted by molar-refractivity contribution is 7.88. The second kappa shape index (κ2) is 9.40. The van der Waals surface area contributed by atoms with E-state index in [-0.39, 0.29) is 5.75 Å². The summed E-state index contributed by atoms with van der Waals surface area (Å²) in [6.45, 7) is 2.66. The number of sulfonamides is 1. The van der Waals surface area contributed by atoms with Crippen LogP contribution in [0.3, 0.4) is 0 Å². The first-order valence-electron chi connectivity index (χ1n) is 9.05. The number of aliphatic imine (C=N–C) groups is 1. The van der Waals surface area contributed by atoms with Crippen LogP contribution in [-0.2, 0) is 22.2 Å². The van der Waals surface area contributed by atoms with Gasteiger partial charge in [-0.25, -0.2) is 8.42 Å². The van der Waals surface area contributed by atoms with Gasteiger partial charge >= 0.3 is 0 Å². The Morgan fingerprint density at radius 1 is 1.25 bits per heavy atom. The Bertz CT molecular complexity index is 894. The summed E-state index contributed by atoms with van der Waals surface area (Å²) >= 11 is 6.19. The molecule has 1 aliphatic heterocycles. The average Bonchev–Trinajstić information content (AvgIpc) is 3.19.